The Kier molecular flexibility index (Phi) is 2.05. The molecular formula is C20H20N2O3. The highest BCUT2D eigenvalue weighted by Crippen LogP contribution is 2.69. The van der Waals surface area contributed by atoms with Gasteiger partial charge in [-0.3, -0.25) is 9.69 Å². The molecule has 5 nitrogen and oxygen atoms in total. The number of hydrogen-bond acceptors (Lipinski definition) is 4. The zero-order valence-electron chi connectivity index (χ0n) is 14.0. The molecule has 1 amide bonds. The lowest BCUT2D eigenvalue weighted by Gasteiger charge is -2.59. The van der Waals surface area contributed by atoms with E-state index in [2.05, 4.69) is 34.1 Å². The maximum atomic E-state index is 13.3. The number of ether oxygens (including phenoxy) is 2. The van der Waals surface area contributed by atoms with Gasteiger partial charge in [-0.25, -0.2) is 0 Å². The zero-order chi connectivity index (χ0) is 16.4. The summed E-state index contributed by atoms with van der Waals surface area (Å²) >= 11 is 0. The van der Waals surface area contributed by atoms with E-state index in [0.29, 0.717) is 24.3 Å². The molecule has 1 aromatic carbocycles. The van der Waals surface area contributed by atoms with Crippen molar-refractivity contribution in [1.82, 2.24) is 4.90 Å². The topological polar surface area (TPSA) is 42.0 Å². The van der Waals surface area contributed by atoms with Crippen LogP contribution in [0.2, 0.25) is 0 Å². The van der Waals surface area contributed by atoms with Crippen LogP contribution in [0.5, 0.6) is 11.5 Å². The smallest absolute Gasteiger partial charge is 0.231 e. The predicted molar refractivity (Wildman–Crippen MR) is 90.9 cm³/mol. The summed E-state index contributed by atoms with van der Waals surface area (Å²) in [5.74, 6) is 2.36. The van der Waals surface area contributed by atoms with Crippen molar-refractivity contribution in [2.45, 2.75) is 43.2 Å². The fourth-order valence-electron chi connectivity index (χ4n) is 7.15. The highest BCUT2D eigenvalue weighted by molar-refractivity contribution is 6.01. The Hall–Kier alpha value is -2.01. The van der Waals surface area contributed by atoms with Gasteiger partial charge in [0.15, 0.2) is 11.5 Å². The lowest BCUT2D eigenvalue weighted by molar-refractivity contribution is -0.127. The number of fused-ring (bicyclic) bond motifs is 4. The molecule has 0 aromatic heterocycles. The molecular weight excluding hydrogens is 316 g/mol. The quantitative estimate of drug-likeness (QED) is 0.683. The van der Waals surface area contributed by atoms with Gasteiger partial charge in [0.2, 0.25) is 12.7 Å². The molecule has 7 rings (SSSR count). The number of piperidine rings is 2. The fourth-order valence-corrected chi connectivity index (χ4v) is 7.15. The molecule has 6 aliphatic rings. The number of nitrogens with zero attached hydrogens (tertiary/aromatic N) is 2. The minimum Gasteiger partial charge on any atom is -0.454 e. The van der Waals surface area contributed by atoms with Crippen LogP contribution in [0, 0.1) is 5.41 Å². The third-order valence-electron chi connectivity index (χ3n) is 7.76. The Morgan fingerprint density at radius 1 is 1.16 bits per heavy atom. The second kappa shape index (κ2) is 3.88. The van der Waals surface area contributed by atoms with Crippen LogP contribution < -0.4 is 14.4 Å². The van der Waals surface area contributed by atoms with Crippen molar-refractivity contribution in [3.63, 3.8) is 0 Å². The van der Waals surface area contributed by atoms with Gasteiger partial charge in [0.1, 0.15) is 0 Å². The third-order valence-corrected chi connectivity index (χ3v) is 7.76. The number of anilines is 1. The van der Waals surface area contributed by atoms with Crippen molar-refractivity contribution in [2.75, 3.05) is 24.8 Å². The van der Waals surface area contributed by atoms with Crippen molar-refractivity contribution < 1.29 is 14.3 Å². The van der Waals surface area contributed by atoms with Gasteiger partial charge >= 0.3 is 0 Å². The Labute approximate surface area is 146 Å². The zero-order valence-corrected chi connectivity index (χ0v) is 14.0. The Morgan fingerprint density at radius 2 is 2.04 bits per heavy atom. The van der Waals surface area contributed by atoms with E-state index in [-0.39, 0.29) is 17.7 Å². The van der Waals surface area contributed by atoms with Gasteiger partial charge in [0.05, 0.1) is 11.2 Å². The van der Waals surface area contributed by atoms with Crippen molar-refractivity contribution in [2.24, 2.45) is 5.41 Å². The molecule has 128 valence electrons. The van der Waals surface area contributed by atoms with Crippen LogP contribution in [0.1, 0.15) is 37.2 Å². The van der Waals surface area contributed by atoms with E-state index in [9.17, 15) is 4.79 Å². The van der Waals surface area contributed by atoms with E-state index in [1.54, 1.807) is 0 Å². The summed E-state index contributed by atoms with van der Waals surface area (Å²) in [4.78, 5) is 18.2. The minimum atomic E-state index is -0.0598. The molecule has 1 spiro atoms. The van der Waals surface area contributed by atoms with Crippen LogP contribution in [0.4, 0.5) is 5.69 Å². The summed E-state index contributed by atoms with van der Waals surface area (Å²) in [6.45, 7) is 2.44. The standard InChI is InChI=1S/C20H20N2O3/c23-17-10-19-3-1-6-21-7-2-13-12-8-15-16(25-11-24-15)9-14(12)22(17)20(13,5-4-19)18(19)21/h1,3,8-9,13,18H,2,4-7,10-11H2/t13-,18+,19-,20+/m0/s1. The molecule has 1 aromatic rings. The molecule has 1 saturated carbocycles. The van der Waals surface area contributed by atoms with Crippen molar-refractivity contribution in [3.8, 4) is 11.5 Å². The average Bonchev–Trinajstić information content (AvgIpc) is 3.25. The molecule has 2 bridgehead atoms. The van der Waals surface area contributed by atoms with E-state index in [4.69, 9.17) is 9.47 Å². The second-order valence-electron chi connectivity index (χ2n) is 8.54. The van der Waals surface area contributed by atoms with E-state index >= 15 is 0 Å². The number of carbonyl (C=O) groups is 1. The first kappa shape index (κ1) is 13.2. The van der Waals surface area contributed by atoms with Crippen LogP contribution in [0.15, 0.2) is 24.3 Å². The maximum Gasteiger partial charge on any atom is 0.231 e. The second-order valence-corrected chi connectivity index (χ2v) is 8.54. The lowest BCUT2D eigenvalue weighted by atomic mass is 9.63. The normalized spacial score (nSPS) is 41.9. The Bertz CT molecular complexity index is 880. The van der Waals surface area contributed by atoms with E-state index in [0.717, 1.165) is 49.5 Å². The number of hydrogen-bond donors (Lipinski definition) is 0. The maximum absolute atomic E-state index is 13.3. The lowest BCUT2D eigenvalue weighted by Crippen LogP contribution is -2.72. The monoisotopic (exact) mass is 336 g/mol. The van der Waals surface area contributed by atoms with Crippen molar-refractivity contribution in [3.05, 3.63) is 29.8 Å². The van der Waals surface area contributed by atoms with Gasteiger partial charge in [-0.15, -0.1) is 0 Å². The number of rotatable bonds is 0. The van der Waals surface area contributed by atoms with E-state index in [1.165, 1.54) is 5.56 Å². The first-order chi connectivity index (χ1) is 12.2. The minimum absolute atomic E-state index is 0.0578. The molecule has 5 heteroatoms. The number of amides is 1. The first-order valence-corrected chi connectivity index (χ1v) is 9.41. The Balaban J connectivity index is 1.52. The molecule has 1 aliphatic carbocycles. The van der Waals surface area contributed by atoms with E-state index < -0.39 is 0 Å². The van der Waals surface area contributed by atoms with Gasteiger partial charge in [-0.05, 0) is 37.4 Å². The summed E-state index contributed by atoms with van der Waals surface area (Å²) in [6, 6.07) is 4.69. The molecule has 0 N–H and O–H groups in total. The van der Waals surface area contributed by atoms with Crippen LogP contribution in [-0.4, -0.2) is 42.3 Å². The molecule has 0 unspecified atom stereocenters. The molecule has 25 heavy (non-hydrogen) atoms. The van der Waals surface area contributed by atoms with Crippen LogP contribution in [0.25, 0.3) is 0 Å². The van der Waals surface area contributed by atoms with Crippen LogP contribution in [0.3, 0.4) is 0 Å². The molecule has 0 radical (unpaired) electrons. The first-order valence-electron chi connectivity index (χ1n) is 9.41. The highest BCUT2D eigenvalue weighted by Gasteiger charge is 2.73. The molecule has 3 fully saturated rings. The molecule has 5 aliphatic heterocycles. The third kappa shape index (κ3) is 1.25. The summed E-state index contributed by atoms with van der Waals surface area (Å²) in [5, 5.41) is 0. The molecule has 2 saturated heterocycles. The molecule has 5 heterocycles. The van der Waals surface area contributed by atoms with Crippen LogP contribution in [-0.2, 0) is 4.79 Å². The number of benzene rings is 1. The Morgan fingerprint density at radius 3 is 2.96 bits per heavy atom. The van der Waals surface area contributed by atoms with Crippen molar-refractivity contribution in [1.29, 1.82) is 0 Å². The summed E-state index contributed by atoms with van der Waals surface area (Å²) in [7, 11) is 0. The fraction of sp³-hybridized carbons (Fsp3) is 0.550. The van der Waals surface area contributed by atoms with Gasteiger partial charge < -0.3 is 14.4 Å². The van der Waals surface area contributed by atoms with Crippen LogP contribution >= 0.6 is 0 Å². The SMILES string of the molecule is O=C1C[C@]23C=CCN4CC[C@H]5c6cc7c(cc6N1[C@@]5(CC2)[C@H]43)OCO7. The summed E-state index contributed by atoms with van der Waals surface area (Å²) in [5.41, 5.74) is 2.40. The molecule has 4 atom stereocenters. The predicted octanol–water partition coefficient (Wildman–Crippen LogP) is 2.41. The summed E-state index contributed by atoms with van der Waals surface area (Å²) < 4.78 is 11.3. The van der Waals surface area contributed by atoms with Crippen molar-refractivity contribution >= 4 is 11.6 Å². The van der Waals surface area contributed by atoms with Gasteiger partial charge in [-0.2, -0.15) is 0 Å². The number of carbonyl (C=O) groups excluding carboxylic acids is 1. The van der Waals surface area contributed by atoms with Gasteiger partial charge in [-0.1, -0.05) is 12.2 Å². The average molecular weight is 336 g/mol. The highest BCUT2D eigenvalue weighted by atomic mass is 16.7. The van der Waals surface area contributed by atoms with E-state index in [1.807, 2.05) is 0 Å². The largest absolute Gasteiger partial charge is 0.454 e. The summed E-state index contributed by atoms with van der Waals surface area (Å²) in [6.07, 6.45) is 8.69. The van der Waals surface area contributed by atoms with Gasteiger partial charge in [0, 0.05) is 36.4 Å². The van der Waals surface area contributed by atoms with Gasteiger partial charge in [0.25, 0.3) is 0 Å².